The number of aryl methyl sites for hydroxylation is 1. The molecule has 7 heteroatoms. The number of nitrogen functional groups attached to an aromatic ring is 1. The van der Waals surface area contributed by atoms with Crippen LogP contribution in [0.5, 0.6) is 0 Å². The lowest BCUT2D eigenvalue weighted by Crippen LogP contribution is -2.32. The molecule has 2 N–H and O–H groups in total. The van der Waals surface area contributed by atoms with Gasteiger partial charge in [0, 0.05) is 6.61 Å². The summed E-state index contributed by atoms with van der Waals surface area (Å²) in [5.41, 5.74) is 6.17. The number of ether oxygens (including phenoxy) is 1. The van der Waals surface area contributed by atoms with E-state index in [4.69, 9.17) is 10.5 Å². The normalized spacial score (nSPS) is 23.8. The summed E-state index contributed by atoms with van der Waals surface area (Å²) in [4.78, 5) is 10.5. The number of aromatic nitrogens is 2. The van der Waals surface area contributed by atoms with Crippen molar-refractivity contribution in [2.45, 2.75) is 45.8 Å². The standard InChI is InChI=1S/C12H20N4O3/c1-7(2)10-6-9(4-5-19-10)15-12(13)11(16(17)18)8(3)14-15/h7,9-10H,4-6,13H2,1-3H3. The van der Waals surface area contributed by atoms with Crippen LogP contribution in [0.25, 0.3) is 0 Å². The van der Waals surface area contributed by atoms with Crippen molar-refractivity contribution in [3.05, 3.63) is 15.8 Å². The first kappa shape index (κ1) is 13.8. The van der Waals surface area contributed by atoms with E-state index in [-0.39, 0.29) is 23.7 Å². The minimum atomic E-state index is -0.465. The summed E-state index contributed by atoms with van der Waals surface area (Å²) >= 11 is 0. The molecule has 0 amide bonds. The molecular weight excluding hydrogens is 248 g/mol. The van der Waals surface area contributed by atoms with E-state index in [1.54, 1.807) is 11.6 Å². The van der Waals surface area contributed by atoms with Gasteiger partial charge in [0.15, 0.2) is 0 Å². The number of nitrogens with two attached hydrogens (primary N) is 1. The molecule has 2 unspecified atom stereocenters. The average Bonchev–Trinajstić information content (AvgIpc) is 2.65. The van der Waals surface area contributed by atoms with Crippen LogP contribution in [-0.2, 0) is 4.74 Å². The zero-order valence-corrected chi connectivity index (χ0v) is 11.5. The lowest BCUT2D eigenvalue weighted by atomic mass is 9.95. The highest BCUT2D eigenvalue weighted by molar-refractivity contribution is 5.56. The number of nitrogens with zero attached hydrogens (tertiary/aromatic N) is 3. The molecule has 2 rings (SSSR count). The number of nitro groups is 1. The highest BCUT2D eigenvalue weighted by Gasteiger charge is 2.31. The fraction of sp³-hybridized carbons (Fsp3) is 0.750. The minimum absolute atomic E-state index is 0.0763. The molecule has 1 saturated heterocycles. The molecule has 19 heavy (non-hydrogen) atoms. The van der Waals surface area contributed by atoms with Crippen molar-refractivity contribution >= 4 is 11.5 Å². The lowest BCUT2D eigenvalue weighted by Gasteiger charge is -2.32. The van der Waals surface area contributed by atoms with Gasteiger partial charge >= 0.3 is 5.69 Å². The number of hydrogen-bond donors (Lipinski definition) is 1. The van der Waals surface area contributed by atoms with Crippen molar-refractivity contribution in [1.29, 1.82) is 0 Å². The molecule has 0 aromatic carbocycles. The van der Waals surface area contributed by atoms with Gasteiger partial charge < -0.3 is 10.5 Å². The number of rotatable bonds is 3. The Morgan fingerprint density at radius 2 is 2.26 bits per heavy atom. The van der Waals surface area contributed by atoms with Crippen molar-refractivity contribution in [1.82, 2.24) is 9.78 Å². The maximum absolute atomic E-state index is 11.0. The predicted octanol–water partition coefficient (Wildman–Crippen LogP) is 2.06. The monoisotopic (exact) mass is 268 g/mol. The Hall–Kier alpha value is -1.63. The summed E-state index contributed by atoms with van der Waals surface area (Å²) in [5.74, 6) is 0.563. The molecule has 1 aliphatic heterocycles. The molecule has 106 valence electrons. The van der Waals surface area contributed by atoms with E-state index in [0.717, 1.165) is 12.8 Å². The van der Waals surface area contributed by atoms with E-state index in [1.165, 1.54) is 0 Å². The first-order valence-corrected chi connectivity index (χ1v) is 6.52. The largest absolute Gasteiger partial charge is 0.378 e. The van der Waals surface area contributed by atoms with Gasteiger partial charge in [0.05, 0.1) is 17.1 Å². The third kappa shape index (κ3) is 2.56. The number of hydrogen-bond acceptors (Lipinski definition) is 5. The highest BCUT2D eigenvalue weighted by atomic mass is 16.6. The quantitative estimate of drug-likeness (QED) is 0.668. The van der Waals surface area contributed by atoms with E-state index in [9.17, 15) is 10.1 Å². The topological polar surface area (TPSA) is 96.2 Å². The van der Waals surface area contributed by atoms with Crippen molar-refractivity contribution < 1.29 is 9.66 Å². The summed E-state index contributed by atoms with van der Waals surface area (Å²) in [7, 11) is 0. The molecule has 0 saturated carbocycles. The van der Waals surface area contributed by atoms with E-state index in [1.807, 2.05) is 0 Å². The van der Waals surface area contributed by atoms with Crippen LogP contribution in [0.1, 0.15) is 38.4 Å². The SMILES string of the molecule is Cc1nn(C2CCOC(C(C)C)C2)c(N)c1[N+](=O)[O-]. The summed E-state index contributed by atoms with van der Waals surface area (Å²) in [6, 6.07) is 0.0774. The molecule has 1 aliphatic rings. The van der Waals surface area contributed by atoms with E-state index >= 15 is 0 Å². The van der Waals surface area contributed by atoms with Crippen LogP contribution in [0, 0.1) is 23.0 Å². The van der Waals surface area contributed by atoms with Gasteiger partial charge in [-0.25, -0.2) is 4.68 Å². The van der Waals surface area contributed by atoms with Crippen molar-refractivity contribution in [2.75, 3.05) is 12.3 Å². The first-order chi connectivity index (χ1) is 8.91. The average molecular weight is 268 g/mol. The van der Waals surface area contributed by atoms with Gasteiger partial charge in [-0.3, -0.25) is 10.1 Å². The van der Waals surface area contributed by atoms with Crippen LogP contribution < -0.4 is 5.73 Å². The van der Waals surface area contributed by atoms with E-state index < -0.39 is 4.92 Å². The molecule has 7 nitrogen and oxygen atoms in total. The summed E-state index contributed by atoms with van der Waals surface area (Å²) < 4.78 is 7.30. The maximum atomic E-state index is 11.0. The smallest absolute Gasteiger partial charge is 0.333 e. The van der Waals surface area contributed by atoms with Gasteiger partial charge in [0.2, 0.25) is 5.82 Å². The Balaban J connectivity index is 2.27. The van der Waals surface area contributed by atoms with Crippen LogP contribution in [0.15, 0.2) is 0 Å². The maximum Gasteiger partial charge on any atom is 0.333 e. The molecule has 0 spiro atoms. The van der Waals surface area contributed by atoms with E-state index in [2.05, 4.69) is 18.9 Å². The van der Waals surface area contributed by atoms with Gasteiger partial charge in [0.1, 0.15) is 5.69 Å². The van der Waals surface area contributed by atoms with Gasteiger partial charge in [-0.1, -0.05) is 13.8 Å². The van der Waals surface area contributed by atoms with Crippen LogP contribution in [0.2, 0.25) is 0 Å². The lowest BCUT2D eigenvalue weighted by molar-refractivity contribution is -0.384. The molecule has 1 aromatic heterocycles. The molecule has 0 bridgehead atoms. The van der Waals surface area contributed by atoms with Crippen molar-refractivity contribution in [3.8, 4) is 0 Å². The molecular formula is C12H20N4O3. The Morgan fingerprint density at radius 1 is 1.58 bits per heavy atom. The minimum Gasteiger partial charge on any atom is -0.378 e. The zero-order valence-electron chi connectivity index (χ0n) is 11.5. The first-order valence-electron chi connectivity index (χ1n) is 6.52. The molecule has 2 heterocycles. The number of anilines is 1. The fourth-order valence-corrected chi connectivity index (χ4v) is 2.56. The molecule has 1 aromatic rings. The van der Waals surface area contributed by atoms with Crippen molar-refractivity contribution in [2.24, 2.45) is 5.92 Å². The molecule has 0 radical (unpaired) electrons. The third-order valence-corrected chi connectivity index (χ3v) is 3.65. The van der Waals surface area contributed by atoms with Gasteiger partial charge in [-0.15, -0.1) is 0 Å². The van der Waals surface area contributed by atoms with Gasteiger partial charge in [-0.2, -0.15) is 5.10 Å². The second-order valence-electron chi connectivity index (χ2n) is 5.35. The van der Waals surface area contributed by atoms with Crippen LogP contribution in [-0.4, -0.2) is 27.4 Å². The van der Waals surface area contributed by atoms with Crippen LogP contribution in [0.4, 0.5) is 11.5 Å². The highest BCUT2D eigenvalue weighted by Crippen LogP contribution is 2.34. The van der Waals surface area contributed by atoms with E-state index in [0.29, 0.717) is 18.2 Å². The Bertz CT molecular complexity index is 484. The summed E-state index contributed by atoms with van der Waals surface area (Å²) in [6.07, 6.45) is 1.73. The van der Waals surface area contributed by atoms with Crippen molar-refractivity contribution in [3.63, 3.8) is 0 Å². The molecule has 2 atom stereocenters. The Kier molecular flexibility index (Phi) is 3.75. The third-order valence-electron chi connectivity index (χ3n) is 3.65. The summed E-state index contributed by atoms with van der Waals surface area (Å²) in [5, 5.41) is 15.2. The predicted molar refractivity (Wildman–Crippen MR) is 70.9 cm³/mol. The Labute approximate surface area is 111 Å². The second kappa shape index (κ2) is 5.16. The molecule has 1 fully saturated rings. The second-order valence-corrected chi connectivity index (χ2v) is 5.35. The van der Waals surface area contributed by atoms with Gasteiger partial charge in [-0.05, 0) is 25.7 Å². The zero-order chi connectivity index (χ0) is 14.2. The summed E-state index contributed by atoms with van der Waals surface area (Å²) in [6.45, 7) is 6.46. The van der Waals surface area contributed by atoms with Crippen LogP contribution in [0.3, 0.4) is 0 Å². The van der Waals surface area contributed by atoms with Gasteiger partial charge in [0.25, 0.3) is 0 Å². The Morgan fingerprint density at radius 3 is 2.79 bits per heavy atom. The molecule has 0 aliphatic carbocycles. The fourth-order valence-electron chi connectivity index (χ4n) is 2.56. The van der Waals surface area contributed by atoms with Crippen LogP contribution >= 0.6 is 0 Å².